The smallest absolute Gasteiger partial charge is 0.243 e. The molecular weight excluding hydrogens is 304 g/mol. The molecule has 1 aromatic carbocycles. The number of benzene rings is 1. The van der Waals surface area contributed by atoms with Gasteiger partial charge in [0.2, 0.25) is 10.0 Å². The summed E-state index contributed by atoms with van der Waals surface area (Å²) in [4.78, 5) is 0.293. The van der Waals surface area contributed by atoms with Crippen LogP contribution in [0, 0.1) is 5.92 Å². The molecule has 0 bridgehead atoms. The van der Waals surface area contributed by atoms with Crippen molar-refractivity contribution >= 4 is 10.0 Å². The second-order valence-corrected chi connectivity index (χ2v) is 8.00. The molecule has 0 radical (unpaired) electrons. The number of piperidine rings is 1. The quantitative estimate of drug-likeness (QED) is 0.873. The van der Waals surface area contributed by atoms with Gasteiger partial charge >= 0.3 is 0 Å². The van der Waals surface area contributed by atoms with Gasteiger partial charge in [-0.1, -0.05) is 0 Å². The minimum atomic E-state index is -3.46. The van der Waals surface area contributed by atoms with Crippen LogP contribution in [-0.2, 0) is 10.0 Å². The van der Waals surface area contributed by atoms with Crippen LogP contribution in [0.3, 0.4) is 0 Å². The van der Waals surface area contributed by atoms with E-state index in [2.05, 4.69) is 5.32 Å². The molecule has 0 aromatic heterocycles. The number of nitrogens with zero attached hydrogens (tertiary/aromatic N) is 1. The molecule has 0 spiro atoms. The lowest BCUT2D eigenvalue weighted by Crippen LogP contribution is -2.46. The van der Waals surface area contributed by atoms with Crippen LogP contribution in [0.15, 0.2) is 23.1 Å². The van der Waals surface area contributed by atoms with Gasteiger partial charge in [0, 0.05) is 25.2 Å². The standard InChI is InChI=1S/C15H20N2O4S/c18-22(19,17-6-4-13-11(10-17)3-5-16-13)12-1-2-14-15(9-12)21-8-7-20-14/h1-2,9,11,13,16H,3-8,10H2. The third-order valence-electron chi connectivity index (χ3n) is 4.77. The molecule has 2 saturated heterocycles. The second-order valence-electron chi connectivity index (χ2n) is 6.07. The number of hydrogen-bond acceptors (Lipinski definition) is 5. The van der Waals surface area contributed by atoms with Crippen LogP contribution < -0.4 is 14.8 Å². The highest BCUT2D eigenvalue weighted by atomic mass is 32.2. The van der Waals surface area contributed by atoms with Gasteiger partial charge in [-0.15, -0.1) is 0 Å². The zero-order valence-corrected chi connectivity index (χ0v) is 13.1. The predicted octanol–water partition coefficient (Wildman–Crippen LogP) is 0.830. The Morgan fingerprint density at radius 3 is 2.82 bits per heavy atom. The fourth-order valence-corrected chi connectivity index (χ4v) is 5.09. The maximum Gasteiger partial charge on any atom is 0.243 e. The van der Waals surface area contributed by atoms with Crippen molar-refractivity contribution in [1.82, 2.24) is 9.62 Å². The molecule has 4 rings (SSSR count). The number of fused-ring (bicyclic) bond motifs is 2. The highest BCUT2D eigenvalue weighted by molar-refractivity contribution is 7.89. The van der Waals surface area contributed by atoms with Crippen molar-refractivity contribution in [2.45, 2.75) is 23.8 Å². The molecule has 7 heteroatoms. The van der Waals surface area contributed by atoms with Crippen molar-refractivity contribution in [1.29, 1.82) is 0 Å². The summed E-state index contributed by atoms with van der Waals surface area (Å²) in [6.07, 6.45) is 1.94. The number of rotatable bonds is 2. The molecule has 3 heterocycles. The van der Waals surface area contributed by atoms with Gasteiger partial charge in [-0.25, -0.2) is 8.42 Å². The SMILES string of the molecule is O=S(=O)(c1ccc2c(c1)OCCO2)N1CCC2NCCC2C1. The molecule has 0 saturated carbocycles. The lowest BCUT2D eigenvalue weighted by Gasteiger charge is -2.34. The van der Waals surface area contributed by atoms with Crippen LogP contribution in [-0.4, -0.2) is 51.6 Å². The van der Waals surface area contributed by atoms with Crippen LogP contribution in [0.5, 0.6) is 11.5 Å². The lowest BCUT2D eigenvalue weighted by atomic mass is 9.95. The first-order chi connectivity index (χ1) is 10.6. The maximum absolute atomic E-state index is 12.9. The Labute approximate surface area is 130 Å². The van der Waals surface area contributed by atoms with Crippen LogP contribution in [0.2, 0.25) is 0 Å². The Morgan fingerprint density at radius 1 is 1.14 bits per heavy atom. The second kappa shape index (κ2) is 5.40. The molecule has 0 amide bonds. The summed E-state index contributed by atoms with van der Waals surface area (Å²) in [5.41, 5.74) is 0. The minimum absolute atomic E-state index is 0.293. The summed E-state index contributed by atoms with van der Waals surface area (Å²) in [7, 11) is -3.46. The van der Waals surface area contributed by atoms with Crippen molar-refractivity contribution in [3.63, 3.8) is 0 Å². The van der Waals surface area contributed by atoms with Crippen LogP contribution >= 0.6 is 0 Å². The normalized spacial score (nSPS) is 28.4. The van der Waals surface area contributed by atoms with Gasteiger partial charge in [-0.05, 0) is 37.4 Å². The lowest BCUT2D eigenvalue weighted by molar-refractivity contribution is 0.171. The van der Waals surface area contributed by atoms with Gasteiger partial charge in [-0.2, -0.15) is 4.31 Å². The fourth-order valence-electron chi connectivity index (χ4n) is 3.57. The maximum atomic E-state index is 12.9. The Bertz CT molecular complexity index is 676. The summed E-state index contributed by atoms with van der Waals surface area (Å²) < 4.78 is 38.3. The molecule has 2 fully saturated rings. The van der Waals surface area contributed by atoms with Gasteiger partial charge in [0.1, 0.15) is 13.2 Å². The van der Waals surface area contributed by atoms with E-state index < -0.39 is 10.0 Å². The van der Waals surface area contributed by atoms with Gasteiger partial charge < -0.3 is 14.8 Å². The average molecular weight is 324 g/mol. The summed E-state index contributed by atoms with van der Waals surface area (Å²) in [6, 6.07) is 5.36. The first-order valence-electron chi connectivity index (χ1n) is 7.78. The Kier molecular flexibility index (Phi) is 3.51. The largest absolute Gasteiger partial charge is 0.486 e. The zero-order valence-electron chi connectivity index (χ0n) is 12.3. The summed E-state index contributed by atoms with van der Waals surface area (Å²) in [6.45, 7) is 3.13. The van der Waals surface area contributed by atoms with Crippen molar-refractivity contribution in [3.8, 4) is 11.5 Å². The number of hydrogen-bond donors (Lipinski definition) is 1. The minimum Gasteiger partial charge on any atom is -0.486 e. The Hall–Kier alpha value is -1.31. The molecule has 2 unspecified atom stereocenters. The molecule has 120 valence electrons. The molecule has 2 atom stereocenters. The van der Waals surface area contributed by atoms with Crippen molar-refractivity contribution in [2.75, 3.05) is 32.8 Å². The van der Waals surface area contributed by atoms with Gasteiger partial charge in [-0.3, -0.25) is 0 Å². The van der Waals surface area contributed by atoms with E-state index in [1.807, 2.05) is 0 Å². The molecule has 6 nitrogen and oxygen atoms in total. The molecule has 3 aliphatic heterocycles. The number of nitrogens with one attached hydrogen (secondary N) is 1. The van der Waals surface area contributed by atoms with E-state index in [-0.39, 0.29) is 0 Å². The predicted molar refractivity (Wildman–Crippen MR) is 80.7 cm³/mol. The monoisotopic (exact) mass is 324 g/mol. The van der Waals surface area contributed by atoms with Crippen LogP contribution in [0.25, 0.3) is 0 Å². The van der Waals surface area contributed by atoms with E-state index in [1.165, 1.54) is 0 Å². The third-order valence-corrected chi connectivity index (χ3v) is 6.63. The van der Waals surface area contributed by atoms with Gasteiger partial charge in [0.25, 0.3) is 0 Å². The van der Waals surface area contributed by atoms with E-state index in [4.69, 9.17) is 9.47 Å². The zero-order chi connectivity index (χ0) is 15.2. The average Bonchev–Trinajstić information content (AvgIpc) is 3.02. The van der Waals surface area contributed by atoms with Crippen molar-refractivity contribution in [2.24, 2.45) is 5.92 Å². The first kappa shape index (κ1) is 14.3. The Morgan fingerprint density at radius 2 is 1.95 bits per heavy atom. The highest BCUT2D eigenvalue weighted by Crippen LogP contribution is 2.34. The van der Waals surface area contributed by atoms with Gasteiger partial charge in [0.15, 0.2) is 11.5 Å². The first-order valence-corrected chi connectivity index (χ1v) is 9.22. The van der Waals surface area contributed by atoms with Crippen LogP contribution in [0.1, 0.15) is 12.8 Å². The molecule has 0 aliphatic carbocycles. The van der Waals surface area contributed by atoms with Crippen molar-refractivity contribution in [3.05, 3.63) is 18.2 Å². The summed E-state index contributed by atoms with van der Waals surface area (Å²) >= 11 is 0. The molecular formula is C15H20N2O4S. The number of sulfonamides is 1. The molecule has 1 aromatic rings. The third kappa shape index (κ3) is 2.37. The topological polar surface area (TPSA) is 67.9 Å². The Balaban J connectivity index is 1.60. The summed E-state index contributed by atoms with van der Waals surface area (Å²) in [5, 5.41) is 3.45. The van der Waals surface area contributed by atoms with E-state index in [1.54, 1.807) is 22.5 Å². The highest BCUT2D eigenvalue weighted by Gasteiger charge is 2.37. The van der Waals surface area contributed by atoms with E-state index in [0.29, 0.717) is 54.7 Å². The molecule has 1 N–H and O–H groups in total. The molecule has 3 aliphatic rings. The van der Waals surface area contributed by atoms with E-state index >= 15 is 0 Å². The fraction of sp³-hybridized carbons (Fsp3) is 0.600. The van der Waals surface area contributed by atoms with E-state index in [9.17, 15) is 8.42 Å². The number of ether oxygens (including phenoxy) is 2. The van der Waals surface area contributed by atoms with Crippen molar-refractivity contribution < 1.29 is 17.9 Å². The summed E-state index contributed by atoms with van der Waals surface area (Å²) in [5.74, 6) is 1.56. The van der Waals surface area contributed by atoms with E-state index in [0.717, 1.165) is 19.4 Å². The van der Waals surface area contributed by atoms with Crippen LogP contribution in [0.4, 0.5) is 0 Å². The van der Waals surface area contributed by atoms with Gasteiger partial charge in [0.05, 0.1) is 4.90 Å². The molecule has 22 heavy (non-hydrogen) atoms.